The third-order valence-corrected chi connectivity index (χ3v) is 2.73. The van der Waals surface area contributed by atoms with Gasteiger partial charge in [0.1, 0.15) is 0 Å². The van der Waals surface area contributed by atoms with E-state index < -0.39 is 0 Å². The standard InChI is InChI=1S/C14H13ClN2O/c15-10-11-6-4-5-9-13(11)17-14(18)16-12-7-2-1-3-8-12/h1-9H,10H2,(H2,16,17,18). The molecule has 0 aliphatic rings. The molecule has 2 amide bonds. The number of alkyl halides is 1. The van der Waals surface area contributed by atoms with Crippen LogP contribution in [0.1, 0.15) is 5.56 Å². The first-order valence-electron chi connectivity index (χ1n) is 5.56. The van der Waals surface area contributed by atoms with E-state index in [4.69, 9.17) is 11.6 Å². The summed E-state index contributed by atoms with van der Waals surface area (Å²) in [6.45, 7) is 0. The Balaban J connectivity index is 2.03. The highest BCUT2D eigenvalue weighted by Crippen LogP contribution is 2.17. The van der Waals surface area contributed by atoms with Crippen molar-refractivity contribution in [3.05, 3.63) is 60.2 Å². The van der Waals surface area contributed by atoms with E-state index in [0.717, 1.165) is 16.9 Å². The summed E-state index contributed by atoms with van der Waals surface area (Å²) in [7, 11) is 0. The zero-order valence-electron chi connectivity index (χ0n) is 9.69. The number of amides is 2. The fourth-order valence-corrected chi connectivity index (χ4v) is 1.80. The Morgan fingerprint density at radius 1 is 0.944 bits per heavy atom. The van der Waals surface area contributed by atoms with Gasteiger partial charge in [0.25, 0.3) is 0 Å². The maximum Gasteiger partial charge on any atom is 0.323 e. The number of carbonyl (C=O) groups excluding carboxylic acids is 1. The van der Waals surface area contributed by atoms with Crippen molar-refractivity contribution in [2.24, 2.45) is 0 Å². The maximum absolute atomic E-state index is 11.8. The van der Waals surface area contributed by atoms with E-state index in [1.807, 2.05) is 54.6 Å². The molecule has 2 aromatic rings. The van der Waals surface area contributed by atoms with Crippen molar-refractivity contribution in [2.75, 3.05) is 10.6 Å². The van der Waals surface area contributed by atoms with E-state index in [9.17, 15) is 4.79 Å². The van der Waals surface area contributed by atoms with Crippen molar-refractivity contribution in [2.45, 2.75) is 5.88 Å². The van der Waals surface area contributed by atoms with Crippen LogP contribution in [-0.4, -0.2) is 6.03 Å². The molecule has 0 unspecified atom stereocenters. The van der Waals surface area contributed by atoms with Crippen molar-refractivity contribution >= 4 is 29.0 Å². The Labute approximate surface area is 111 Å². The molecule has 0 aromatic heterocycles. The lowest BCUT2D eigenvalue weighted by Gasteiger charge is -2.10. The van der Waals surface area contributed by atoms with Crippen LogP contribution in [0, 0.1) is 0 Å². The first kappa shape index (κ1) is 12.5. The van der Waals surface area contributed by atoms with E-state index in [1.54, 1.807) is 0 Å². The van der Waals surface area contributed by atoms with Gasteiger partial charge >= 0.3 is 6.03 Å². The molecule has 0 radical (unpaired) electrons. The van der Waals surface area contributed by atoms with Gasteiger partial charge < -0.3 is 10.6 Å². The largest absolute Gasteiger partial charge is 0.323 e. The van der Waals surface area contributed by atoms with E-state index in [1.165, 1.54) is 0 Å². The molecule has 0 saturated heterocycles. The van der Waals surface area contributed by atoms with Gasteiger partial charge in [-0.25, -0.2) is 4.79 Å². The molecule has 0 atom stereocenters. The van der Waals surface area contributed by atoms with Crippen LogP contribution in [0.4, 0.5) is 16.2 Å². The number of halogens is 1. The van der Waals surface area contributed by atoms with Gasteiger partial charge in [-0.3, -0.25) is 0 Å². The molecule has 18 heavy (non-hydrogen) atoms. The molecule has 92 valence electrons. The fourth-order valence-electron chi connectivity index (χ4n) is 1.56. The van der Waals surface area contributed by atoms with Crippen LogP contribution in [0.2, 0.25) is 0 Å². The maximum atomic E-state index is 11.8. The second-order valence-corrected chi connectivity index (χ2v) is 4.00. The number of benzene rings is 2. The van der Waals surface area contributed by atoms with Gasteiger partial charge in [-0.1, -0.05) is 36.4 Å². The van der Waals surface area contributed by atoms with Crippen molar-refractivity contribution in [1.29, 1.82) is 0 Å². The van der Waals surface area contributed by atoms with Crippen molar-refractivity contribution in [3.8, 4) is 0 Å². The van der Waals surface area contributed by atoms with Gasteiger partial charge in [-0.2, -0.15) is 0 Å². The predicted molar refractivity (Wildman–Crippen MR) is 75.1 cm³/mol. The van der Waals surface area contributed by atoms with E-state index in [2.05, 4.69) is 10.6 Å². The number of hydrogen-bond donors (Lipinski definition) is 2. The van der Waals surface area contributed by atoms with E-state index >= 15 is 0 Å². The van der Waals surface area contributed by atoms with Crippen LogP contribution in [0.15, 0.2) is 54.6 Å². The molecular formula is C14H13ClN2O. The molecule has 0 heterocycles. The molecule has 2 N–H and O–H groups in total. The monoisotopic (exact) mass is 260 g/mol. The number of para-hydroxylation sites is 2. The van der Waals surface area contributed by atoms with Crippen LogP contribution in [-0.2, 0) is 5.88 Å². The fraction of sp³-hybridized carbons (Fsp3) is 0.0714. The van der Waals surface area contributed by atoms with Gasteiger partial charge in [0, 0.05) is 17.3 Å². The molecule has 0 aliphatic carbocycles. The zero-order valence-corrected chi connectivity index (χ0v) is 10.4. The van der Waals surface area contributed by atoms with Crippen molar-refractivity contribution in [1.82, 2.24) is 0 Å². The molecule has 4 heteroatoms. The lowest BCUT2D eigenvalue weighted by atomic mass is 10.2. The normalized spacial score (nSPS) is 9.83. The SMILES string of the molecule is O=C(Nc1ccccc1)Nc1ccccc1CCl. The van der Waals surface area contributed by atoms with Gasteiger partial charge in [0.2, 0.25) is 0 Å². The number of nitrogens with one attached hydrogen (secondary N) is 2. The number of urea groups is 1. The molecule has 0 bridgehead atoms. The average Bonchev–Trinajstić information content (AvgIpc) is 2.40. The summed E-state index contributed by atoms with van der Waals surface area (Å²) >= 11 is 5.80. The highest BCUT2D eigenvalue weighted by molar-refractivity contribution is 6.17. The topological polar surface area (TPSA) is 41.1 Å². The number of rotatable bonds is 3. The number of carbonyl (C=O) groups is 1. The Morgan fingerprint density at radius 2 is 1.61 bits per heavy atom. The number of hydrogen-bond acceptors (Lipinski definition) is 1. The summed E-state index contributed by atoms with van der Waals surface area (Å²) in [5.41, 5.74) is 2.36. The summed E-state index contributed by atoms with van der Waals surface area (Å²) in [6.07, 6.45) is 0. The Morgan fingerprint density at radius 3 is 2.33 bits per heavy atom. The van der Waals surface area contributed by atoms with Crippen molar-refractivity contribution < 1.29 is 4.79 Å². The van der Waals surface area contributed by atoms with Crippen LogP contribution in [0.25, 0.3) is 0 Å². The summed E-state index contributed by atoms with van der Waals surface area (Å²) in [6, 6.07) is 16.4. The van der Waals surface area contributed by atoms with Gasteiger partial charge in [0.05, 0.1) is 0 Å². The third kappa shape index (κ3) is 3.25. The Kier molecular flexibility index (Phi) is 4.20. The molecule has 2 rings (SSSR count). The van der Waals surface area contributed by atoms with Crippen LogP contribution in [0.3, 0.4) is 0 Å². The minimum Gasteiger partial charge on any atom is -0.308 e. The van der Waals surface area contributed by atoms with Gasteiger partial charge in [-0.15, -0.1) is 11.6 Å². The molecular weight excluding hydrogens is 248 g/mol. The zero-order chi connectivity index (χ0) is 12.8. The molecule has 0 spiro atoms. The summed E-state index contributed by atoms with van der Waals surface area (Å²) in [4.78, 5) is 11.8. The molecule has 2 aromatic carbocycles. The lowest BCUT2D eigenvalue weighted by Crippen LogP contribution is -2.20. The Bertz CT molecular complexity index is 528. The van der Waals surface area contributed by atoms with Gasteiger partial charge in [0.15, 0.2) is 0 Å². The second-order valence-electron chi connectivity index (χ2n) is 3.74. The Hall–Kier alpha value is -2.00. The highest BCUT2D eigenvalue weighted by atomic mass is 35.5. The van der Waals surface area contributed by atoms with Gasteiger partial charge in [-0.05, 0) is 23.8 Å². The van der Waals surface area contributed by atoms with Crippen LogP contribution >= 0.6 is 11.6 Å². The first-order valence-corrected chi connectivity index (χ1v) is 6.10. The molecule has 0 saturated carbocycles. The van der Waals surface area contributed by atoms with E-state index in [0.29, 0.717) is 5.88 Å². The number of anilines is 2. The average molecular weight is 261 g/mol. The summed E-state index contributed by atoms with van der Waals surface area (Å²) in [5.74, 6) is 0.363. The minimum atomic E-state index is -0.279. The second kappa shape index (κ2) is 6.07. The van der Waals surface area contributed by atoms with Crippen LogP contribution in [0.5, 0.6) is 0 Å². The smallest absolute Gasteiger partial charge is 0.308 e. The quantitative estimate of drug-likeness (QED) is 0.803. The lowest BCUT2D eigenvalue weighted by molar-refractivity contribution is 0.262. The molecule has 0 fully saturated rings. The van der Waals surface area contributed by atoms with Crippen molar-refractivity contribution in [3.63, 3.8) is 0 Å². The third-order valence-electron chi connectivity index (χ3n) is 2.44. The summed E-state index contributed by atoms with van der Waals surface area (Å²) in [5, 5.41) is 5.52. The first-order chi connectivity index (χ1) is 8.79. The van der Waals surface area contributed by atoms with Crippen LogP contribution < -0.4 is 10.6 Å². The highest BCUT2D eigenvalue weighted by Gasteiger charge is 2.05. The molecule has 3 nitrogen and oxygen atoms in total. The van der Waals surface area contributed by atoms with E-state index in [-0.39, 0.29) is 6.03 Å². The predicted octanol–water partition coefficient (Wildman–Crippen LogP) is 4.07. The minimum absolute atomic E-state index is 0.279. The summed E-state index contributed by atoms with van der Waals surface area (Å²) < 4.78 is 0. The molecule has 0 aliphatic heterocycles.